The molecule has 0 heterocycles. The molecule has 1 aromatic rings. The van der Waals surface area contributed by atoms with Crippen molar-refractivity contribution in [3.8, 4) is 5.75 Å². The van der Waals surface area contributed by atoms with Crippen molar-refractivity contribution < 1.29 is 43.7 Å². The van der Waals surface area contributed by atoms with Crippen LogP contribution < -0.4 is 5.73 Å². The quantitative estimate of drug-likeness (QED) is 0.241. The molecule has 3 aliphatic rings. The highest BCUT2D eigenvalue weighted by molar-refractivity contribution is 9.09. The molecule has 0 saturated heterocycles. The molecular weight excluding hydrogens is 540 g/mol. The molecule has 36 heavy (non-hydrogen) atoms. The second kappa shape index (κ2) is 8.86. The molecular formula is C24H25BrN2O9. The van der Waals surface area contributed by atoms with Gasteiger partial charge in [-0.05, 0) is 31.6 Å². The number of aromatic hydroxyl groups is 1. The Morgan fingerprint density at radius 2 is 1.81 bits per heavy atom. The zero-order valence-corrected chi connectivity index (χ0v) is 21.2. The van der Waals surface area contributed by atoms with Crippen LogP contribution in [0.5, 0.6) is 5.75 Å². The minimum Gasteiger partial charge on any atom is -0.507 e. The fourth-order valence-electron chi connectivity index (χ4n) is 6.25. The van der Waals surface area contributed by atoms with Crippen molar-refractivity contribution in [2.45, 2.75) is 30.6 Å². The molecule has 8 atom stereocenters. The first-order valence-corrected chi connectivity index (χ1v) is 12.3. The fourth-order valence-corrected chi connectivity index (χ4v) is 6.38. The van der Waals surface area contributed by atoms with Crippen LogP contribution in [0.2, 0.25) is 0 Å². The van der Waals surface area contributed by atoms with E-state index in [0.29, 0.717) is 5.56 Å². The molecule has 1 aromatic carbocycles. The molecule has 12 heteroatoms. The number of hydrogen-bond acceptors (Lipinski definition) is 10. The first kappa shape index (κ1) is 26.1. The Morgan fingerprint density at radius 1 is 1.17 bits per heavy atom. The number of benzene rings is 1. The second-order valence-corrected chi connectivity index (χ2v) is 10.3. The monoisotopic (exact) mass is 564 g/mol. The van der Waals surface area contributed by atoms with Crippen LogP contribution >= 0.6 is 15.9 Å². The third kappa shape index (κ3) is 3.38. The summed E-state index contributed by atoms with van der Waals surface area (Å²) in [4.78, 5) is 80.3. The molecule has 0 radical (unpaired) electrons. The molecule has 192 valence electrons. The average molecular weight is 565 g/mol. The Hall–Kier alpha value is -2.96. The lowest BCUT2D eigenvalue weighted by Crippen LogP contribution is -2.78. The van der Waals surface area contributed by atoms with Gasteiger partial charge in [0.1, 0.15) is 17.2 Å². The van der Waals surface area contributed by atoms with Crippen LogP contribution in [-0.2, 0) is 28.7 Å². The standard InChI is InChI=1S/C24H25BrN2O9/c1-8-9-5-4-6-10(28)13(9)18(30)14-12(8)20(36-11(29)7-25)16-17(27(2)3)19(31)15(23(26)34)22(33)24(16,35)21(14)32/h4-6,8,12,14-17,20,28,35H,7H2,1-3H3,(H2,26,34)/t8-,12+,14?,15?,16+,17-,20-,24-/m0/s1. The minimum atomic E-state index is -3.03. The van der Waals surface area contributed by atoms with Crippen LogP contribution in [0.1, 0.15) is 28.8 Å². The largest absolute Gasteiger partial charge is 0.507 e. The molecule has 2 fully saturated rings. The Morgan fingerprint density at radius 3 is 2.36 bits per heavy atom. The van der Waals surface area contributed by atoms with Gasteiger partial charge in [-0.1, -0.05) is 35.0 Å². The van der Waals surface area contributed by atoms with Crippen molar-refractivity contribution in [3.05, 3.63) is 29.3 Å². The number of Topliss-reactive ketones (excluding diaryl/α,β-unsaturated/α-hetero) is 4. The lowest BCUT2D eigenvalue weighted by atomic mass is 9.49. The molecule has 0 spiro atoms. The molecule has 11 nitrogen and oxygen atoms in total. The number of esters is 1. The van der Waals surface area contributed by atoms with Gasteiger partial charge in [0.25, 0.3) is 0 Å². The maximum atomic E-state index is 13.9. The number of aliphatic hydroxyl groups is 1. The smallest absolute Gasteiger partial charge is 0.316 e. The average Bonchev–Trinajstić information content (AvgIpc) is 2.80. The number of phenolic OH excluding ortho intramolecular Hbond substituents is 1. The van der Waals surface area contributed by atoms with Gasteiger partial charge in [0.2, 0.25) is 5.91 Å². The number of ketones is 4. The van der Waals surface area contributed by atoms with Crippen molar-refractivity contribution >= 4 is 50.9 Å². The summed E-state index contributed by atoms with van der Waals surface area (Å²) in [6.07, 6.45) is -1.45. The molecule has 3 aliphatic carbocycles. The number of amides is 1. The number of alkyl halides is 1. The summed E-state index contributed by atoms with van der Waals surface area (Å²) in [6, 6.07) is 2.96. The van der Waals surface area contributed by atoms with Gasteiger partial charge in [0.15, 0.2) is 34.7 Å². The van der Waals surface area contributed by atoms with Gasteiger partial charge in [-0.25, -0.2) is 0 Å². The third-order valence-corrected chi connectivity index (χ3v) is 8.16. The van der Waals surface area contributed by atoms with E-state index < -0.39 is 82.3 Å². The van der Waals surface area contributed by atoms with Gasteiger partial charge in [-0.3, -0.25) is 33.7 Å². The third-order valence-electron chi connectivity index (χ3n) is 7.70. The van der Waals surface area contributed by atoms with Gasteiger partial charge >= 0.3 is 5.97 Å². The Bertz CT molecular complexity index is 1210. The summed E-state index contributed by atoms with van der Waals surface area (Å²) < 4.78 is 5.67. The first-order valence-electron chi connectivity index (χ1n) is 11.2. The van der Waals surface area contributed by atoms with E-state index in [1.807, 2.05) is 0 Å². The molecule has 2 unspecified atom stereocenters. The van der Waals surface area contributed by atoms with E-state index >= 15 is 0 Å². The Balaban J connectivity index is 2.03. The first-order chi connectivity index (χ1) is 16.8. The number of rotatable bonds is 4. The topological polar surface area (TPSA) is 181 Å². The molecule has 4 N–H and O–H groups in total. The molecule has 4 rings (SSSR count). The van der Waals surface area contributed by atoms with E-state index in [-0.39, 0.29) is 16.6 Å². The Labute approximate surface area is 214 Å². The molecule has 1 amide bonds. The van der Waals surface area contributed by atoms with Gasteiger partial charge < -0.3 is 20.7 Å². The van der Waals surface area contributed by atoms with Gasteiger partial charge in [0, 0.05) is 5.92 Å². The highest BCUT2D eigenvalue weighted by Crippen LogP contribution is 2.55. The number of carbonyl (C=O) groups is 6. The highest BCUT2D eigenvalue weighted by atomic mass is 79.9. The summed E-state index contributed by atoms with van der Waals surface area (Å²) in [5, 5.41) is 21.9. The molecule has 0 aliphatic heterocycles. The summed E-state index contributed by atoms with van der Waals surface area (Å²) >= 11 is 2.99. The lowest BCUT2D eigenvalue weighted by molar-refractivity contribution is -0.204. The van der Waals surface area contributed by atoms with Crippen LogP contribution in [0.4, 0.5) is 0 Å². The number of nitrogens with two attached hydrogens (primary N) is 1. The van der Waals surface area contributed by atoms with Gasteiger partial charge in [-0.15, -0.1) is 0 Å². The summed E-state index contributed by atoms with van der Waals surface area (Å²) in [6.45, 7) is 1.67. The van der Waals surface area contributed by atoms with E-state index in [4.69, 9.17) is 10.5 Å². The second-order valence-electron chi connectivity index (χ2n) is 9.70. The number of nitrogens with zero attached hydrogens (tertiary/aromatic N) is 1. The summed E-state index contributed by atoms with van der Waals surface area (Å²) in [5.74, 6) is -14.2. The maximum absolute atomic E-state index is 13.9. The maximum Gasteiger partial charge on any atom is 0.316 e. The number of likely N-dealkylation sites (N-methyl/N-ethyl adjacent to an activating group) is 1. The van der Waals surface area contributed by atoms with Gasteiger partial charge in [0.05, 0.1) is 23.4 Å². The zero-order valence-electron chi connectivity index (χ0n) is 19.6. The number of halogens is 1. The van der Waals surface area contributed by atoms with Crippen LogP contribution in [0.25, 0.3) is 0 Å². The predicted molar refractivity (Wildman–Crippen MR) is 125 cm³/mol. The van der Waals surface area contributed by atoms with Crippen LogP contribution in [-0.4, -0.2) is 87.3 Å². The fraction of sp³-hybridized carbons (Fsp3) is 0.500. The van der Waals surface area contributed by atoms with Crippen molar-refractivity contribution in [2.24, 2.45) is 29.4 Å². The lowest BCUT2D eigenvalue weighted by Gasteiger charge is -2.56. The number of fused-ring (bicyclic) bond motifs is 3. The summed E-state index contributed by atoms with van der Waals surface area (Å²) in [5.41, 5.74) is 2.55. The zero-order chi connectivity index (χ0) is 26.9. The van der Waals surface area contributed by atoms with Crippen molar-refractivity contribution in [2.75, 3.05) is 19.4 Å². The molecule has 2 saturated carbocycles. The number of carbonyl (C=O) groups excluding carboxylic acids is 6. The van der Waals surface area contributed by atoms with Crippen molar-refractivity contribution in [3.63, 3.8) is 0 Å². The van der Waals surface area contributed by atoms with E-state index in [1.165, 1.54) is 31.1 Å². The van der Waals surface area contributed by atoms with E-state index in [1.54, 1.807) is 13.0 Å². The van der Waals surface area contributed by atoms with Crippen LogP contribution in [0.15, 0.2) is 18.2 Å². The highest BCUT2D eigenvalue weighted by Gasteiger charge is 2.74. The van der Waals surface area contributed by atoms with Crippen LogP contribution in [0.3, 0.4) is 0 Å². The van der Waals surface area contributed by atoms with Crippen LogP contribution in [0, 0.1) is 23.7 Å². The van der Waals surface area contributed by atoms with Crippen molar-refractivity contribution in [1.29, 1.82) is 0 Å². The normalized spacial score (nSPS) is 35.7. The molecule has 0 aromatic heterocycles. The SMILES string of the molecule is C[C@H]1c2cccc(O)c2C(=O)C2C(=O)[C@]3(O)C(=O)C(C(N)=O)C(=O)[C@@H](N(C)C)[C@@H]3[C@@H](OC(=O)CBr)[C@@H]21. The molecule has 0 bridgehead atoms. The van der Waals surface area contributed by atoms with Crippen molar-refractivity contribution in [1.82, 2.24) is 4.90 Å². The minimum absolute atomic E-state index is 0.137. The summed E-state index contributed by atoms with van der Waals surface area (Å²) in [7, 11) is 2.89. The number of primary amides is 1. The predicted octanol–water partition coefficient (Wildman–Crippen LogP) is -0.655. The van der Waals surface area contributed by atoms with Gasteiger partial charge in [-0.2, -0.15) is 0 Å². The number of ether oxygens (including phenoxy) is 1. The number of phenols is 1. The van der Waals surface area contributed by atoms with E-state index in [9.17, 15) is 39.0 Å². The number of hydrogen-bond donors (Lipinski definition) is 3. The van der Waals surface area contributed by atoms with E-state index in [2.05, 4.69) is 15.9 Å². The Kier molecular flexibility index (Phi) is 6.42. The van der Waals surface area contributed by atoms with E-state index in [0.717, 1.165) is 0 Å².